The highest BCUT2D eigenvalue weighted by atomic mass is 35.5. The van der Waals surface area contributed by atoms with Crippen LogP contribution in [-0.4, -0.2) is 30.5 Å². The van der Waals surface area contributed by atoms with Crippen molar-refractivity contribution in [2.75, 3.05) is 18.6 Å². The summed E-state index contributed by atoms with van der Waals surface area (Å²) < 4.78 is 4.77. The number of nitrogens with zero attached hydrogens (tertiary/aromatic N) is 2. The highest BCUT2D eigenvalue weighted by Crippen LogP contribution is 2.30. The first-order valence-electron chi connectivity index (χ1n) is 9.23. The summed E-state index contributed by atoms with van der Waals surface area (Å²) in [5, 5.41) is 3.60. The Morgan fingerprint density at radius 1 is 1.24 bits per heavy atom. The molecule has 0 saturated carbocycles. The quantitative estimate of drug-likeness (QED) is 0.570. The monoisotopic (exact) mass is 426 g/mol. The maximum atomic E-state index is 12.8. The molecule has 0 atom stereocenters. The van der Waals surface area contributed by atoms with Crippen molar-refractivity contribution in [1.29, 1.82) is 0 Å². The van der Waals surface area contributed by atoms with Crippen LogP contribution in [0.25, 0.3) is 0 Å². The van der Waals surface area contributed by atoms with Gasteiger partial charge in [-0.3, -0.25) is 4.79 Å². The molecule has 0 saturated heterocycles. The number of carbonyl (C=O) groups is 2. The normalized spacial score (nSPS) is 12.7. The Morgan fingerprint density at radius 3 is 2.90 bits per heavy atom. The predicted molar refractivity (Wildman–Crippen MR) is 114 cm³/mol. The number of halogens is 1. The second-order valence-corrected chi connectivity index (χ2v) is 8.23. The number of methoxy groups -OCH3 is 1. The molecule has 1 aromatic heterocycles. The third-order valence-corrected chi connectivity index (χ3v) is 6.01. The van der Waals surface area contributed by atoms with Crippen LogP contribution >= 0.6 is 22.9 Å². The smallest absolute Gasteiger partial charge is 0.337 e. The summed E-state index contributed by atoms with van der Waals surface area (Å²) in [5.41, 5.74) is 4.22. The molecule has 2 aromatic carbocycles. The maximum Gasteiger partial charge on any atom is 0.337 e. The van der Waals surface area contributed by atoms with Gasteiger partial charge in [-0.1, -0.05) is 23.7 Å². The van der Waals surface area contributed by atoms with Gasteiger partial charge in [-0.05, 0) is 47.9 Å². The van der Waals surface area contributed by atoms with Gasteiger partial charge in [-0.15, -0.1) is 11.3 Å². The summed E-state index contributed by atoms with van der Waals surface area (Å²) in [7, 11) is 1.36. The first kappa shape index (κ1) is 19.6. The topological polar surface area (TPSA) is 59.5 Å². The molecule has 0 unspecified atom stereocenters. The van der Waals surface area contributed by atoms with Crippen LogP contribution in [0.5, 0.6) is 0 Å². The van der Waals surface area contributed by atoms with Crippen molar-refractivity contribution >= 4 is 40.5 Å². The van der Waals surface area contributed by atoms with Gasteiger partial charge in [0.15, 0.2) is 0 Å². The maximum absolute atomic E-state index is 12.8. The van der Waals surface area contributed by atoms with Gasteiger partial charge >= 0.3 is 5.97 Å². The lowest BCUT2D eigenvalue weighted by atomic mass is 10.1. The van der Waals surface area contributed by atoms with Gasteiger partial charge in [0.05, 0.1) is 29.8 Å². The highest BCUT2D eigenvalue weighted by molar-refractivity contribution is 7.09. The number of thiazole rings is 1. The fraction of sp³-hybridized carbons (Fsp3) is 0.227. The summed E-state index contributed by atoms with van der Waals surface area (Å²) >= 11 is 7.59. The number of hydrogen-bond acceptors (Lipinski definition) is 5. The number of aromatic nitrogens is 1. The first-order chi connectivity index (χ1) is 14.0. The molecule has 7 heteroatoms. The molecule has 0 radical (unpaired) electrons. The lowest BCUT2D eigenvalue weighted by Gasteiger charge is -2.17. The largest absolute Gasteiger partial charge is 0.465 e. The zero-order valence-corrected chi connectivity index (χ0v) is 17.4. The standard InChI is InChI=1S/C22H19ClN2O3S/c1-28-22(27)16-5-6-19-15(11-16)7-8-25(19)21(26)12-18-13-29-20(24-18)10-14-3-2-4-17(23)9-14/h2-6,9,11,13H,7-8,10,12H2,1H3. The van der Waals surface area contributed by atoms with Crippen molar-refractivity contribution in [2.24, 2.45) is 0 Å². The lowest BCUT2D eigenvalue weighted by molar-refractivity contribution is -0.117. The van der Waals surface area contributed by atoms with Gasteiger partial charge in [0.2, 0.25) is 5.91 Å². The number of hydrogen-bond donors (Lipinski definition) is 0. The number of rotatable bonds is 5. The fourth-order valence-corrected chi connectivity index (χ4v) is 4.53. The van der Waals surface area contributed by atoms with E-state index in [0.29, 0.717) is 23.6 Å². The second-order valence-electron chi connectivity index (χ2n) is 6.85. The number of esters is 1. The van der Waals surface area contributed by atoms with Crippen LogP contribution in [0.2, 0.25) is 5.02 Å². The summed E-state index contributed by atoms with van der Waals surface area (Å²) in [4.78, 5) is 30.9. The lowest BCUT2D eigenvalue weighted by Crippen LogP contribution is -2.30. The van der Waals surface area contributed by atoms with Crippen molar-refractivity contribution in [3.8, 4) is 0 Å². The first-order valence-corrected chi connectivity index (χ1v) is 10.5. The van der Waals surface area contributed by atoms with E-state index in [1.165, 1.54) is 7.11 Å². The molecule has 29 heavy (non-hydrogen) atoms. The van der Waals surface area contributed by atoms with Crippen LogP contribution in [-0.2, 0) is 28.8 Å². The van der Waals surface area contributed by atoms with E-state index >= 15 is 0 Å². The van der Waals surface area contributed by atoms with Crippen LogP contribution in [0.1, 0.15) is 32.2 Å². The van der Waals surface area contributed by atoms with E-state index in [-0.39, 0.29) is 18.3 Å². The van der Waals surface area contributed by atoms with E-state index in [0.717, 1.165) is 33.9 Å². The molecule has 1 aliphatic rings. The molecule has 5 nitrogen and oxygen atoms in total. The molecule has 2 heterocycles. The molecule has 148 valence electrons. The zero-order valence-electron chi connectivity index (χ0n) is 15.9. The van der Waals surface area contributed by atoms with Crippen molar-refractivity contribution < 1.29 is 14.3 Å². The van der Waals surface area contributed by atoms with E-state index in [2.05, 4.69) is 4.98 Å². The number of carbonyl (C=O) groups excluding carboxylic acids is 2. The van der Waals surface area contributed by atoms with E-state index < -0.39 is 0 Å². The van der Waals surface area contributed by atoms with E-state index in [1.807, 2.05) is 35.7 Å². The minimum Gasteiger partial charge on any atom is -0.465 e. The third kappa shape index (κ3) is 4.33. The third-order valence-electron chi connectivity index (χ3n) is 4.87. The van der Waals surface area contributed by atoms with E-state index in [4.69, 9.17) is 16.3 Å². The van der Waals surface area contributed by atoms with Crippen LogP contribution in [0.4, 0.5) is 5.69 Å². The second kappa shape index (κ2) is 8.35. The molecule has 4 rings (SSSR count). The van der Waals surface area contributed by atoms with Crippen LogP contribution < -0.4 is 4.90 Å². The Kier molecular flexibility index (Phi) is 5.65. The van der Waals surface area contributed by atoms with Crippen LogP contribution in [0.15, 0.2) is 47.8 Å². The number of amides is 1. The summed E-state index contributed by atoms with van der Waals surface area (Å²) in [6.07, 6.45) is 1.68. The minimum absolute atomic E-state index is 0.00849. The minimum atomic E-state index is -0.368. The Morgan fingerprint density at radius 2 is 2.10 bits per heavy atom. The van der Waals surface area contributed by atoms with Crippen molar-refractivity contribution in [1.82, 2.24) is 4.98 Å². The van der Waals surface area contributed by atoms with Crippen molar-refractivity contribution in [2.45, 2.75) is 19.3 Å². The number of benzene rings is 2. The van der Waals surface area contributed by atoms with E-state index in [1.54, 1.807) is 28.4 Å². The molecule has 0 fully saturated rings. The molecule has 3 aromatic rings. The number of ether oxygens (including phenoxy) is 1. The summed E-state index contributed by atoms with van der Waals surface area (Å²) in [6, 6.07) is 13.0. The van der Waals surface area contributed by atoms with Gasteiger partial charge in [0.25, 0.3) is 0 Å². The van der Waals surface area contributed by atoms with Gasteiger partial charge in [-0.2, -0.15) is 0 Å². The summed E-state index contributed by atoms with van der Waals surface area (Å²) in [5.74, 6) is -0.360. The van der Waals surface area contributed by atoms with Crippen LogP contribution in [0.3, 0.4) is 0 Å². The molecule has 0 bridgehead atoms. The van der Waals surface area contributed by atoms with Gasteiger partial charge < -0.3 is 9.64 Å². The zero-order chi connectivity index (χ0) is 20.4. The molecular formula is C22H19ClN2O3S. The Labute approximate surface area is 177 Å². The number of fused-ring (bicyclic) bond motifs is 1. The van der Waals surface area contributed by atoms with E-state index in [9.17, 15) is 9.59 Å². The number of anilines is 1. The van der Waals surface area contributed by atoms with Gasteiger partial charge in [0.1, 0.15) is 0 Å². The van der Waals surface area contributed by atoms with Crippen molar-refractivity contribution in [3.05, 3.63) is 80.3 Å². The summed E-state index contributed by atoms with van der Waals surface area (Å²) in [6.45, 7) is 0.609. The van der Waals surface area contributed by atoms with Crippen LogP contribution in [0, 0.1) is 0 Å². The Bertz CT molecular complexity index is 1080. The highest BCUT2D eigenvalue weighted by Gasteiger charge is 2.26. The molecule has 0 N–H and O–H groups in total. The van der Waals surface area contributed by atoms with Gasteiger partial charge in [-0.25, -0.2) is 9.78 Å². The Hall–Kier alpha value is -2.70. The van der Waals surface area contributed by atoms with Gasteiger partial charge in [0, 0.05) is 29.1 Å². The fourth-order valence-electron chi connectivity index (χ4n) is 3.49. The molecule has 1 aliphatic heterocycles. The molecule has 1 amide bonds. The molecule has 0 aliphatic carbocycles. The SMILES string of the molecule is COC(=O)c1ccc2c(c1)CCN2C(=O)Cc1csc(Cc2cccc(Cl)c2)n1. The average molecular weight is 427 g/mol. The predicted octanol–water partition coefficient (Wildman–Crippen LogP) is 4.31. The van der Waals surface area contributed by atoms with Crippen molar-refractivity contribution in [3.63, 3.8) is 0 Å². The average Bonchev–Trinajstić information content (AvgIpc) is 3.33. The molecular weight excluding hydrogens is 408 g/mol. The Balaban J connectivity index is 1.43. The molecule has 0 spiro atoms.